The fourth-order valence-corrected chi connectivity index (χ4v) is 1.60. The molecule has 0 aliphatic carbocycles. The number of hydrogen-bond donors (Lipinski definition) is 2. The van der Waals surface area contributed by atoms with E-state index in [9.17, 15) is 14.0 Å². The minimum absolute atomic E-state index is 0.155. The van der Waals surface area contributed by atoms with E-state index in [1.54, 1.807) is 13.0 Å². The Labute approximate surface area is 177 Å². The Morgan fingerprint density at radius 2 is 1.66 bits per heavy atom. The maximum Gasteiger partial charge on any atom is 0.261 e. The highest BCUT2D eigenvalue weighted by Crippen LogP contribution is 2.01. The molecule has 6 nitrogen and oxygen atoms in total. The first-order valence-corrected chi connectivity index (χ1v) is 8.72. The second kappa shape index (κ2) is 23.0. The predicted octanol–water partition coefficient (Wildman–Crippen LogP) is 4.41. The van der Waals surface area contributed by atoms with Crippen LogP contribution in [0, 0.1) is 0 Å². The first-order chi connectivity index (χ1) is 13.9. The van der Waals surface area contributed by atoms with Gasteiger partial charge in [0.05, 0.1) is 12.5 Å². The molecule has 0 saturated heterocycles. The SMILES string of the molecule is C=C.C=C.C=C/C=C/OCC(=O)NC(=C)CC(C)NC(=O)CO/C=C/C(F)=C/Cl. The minimum Gasteiger partial charge on any atom is -0.491 e. The molecule has 0 saturated carbocycles. The van der Waals surface area contributed by atoms with E-state index in [4.69, 9.17) is 21.1 Å². The van der Waals surface area contributed by atoms with Crippen molar-refractivity contribution >= 4 is 23.4 Å². The molecule has 0 aliphatic rings. The van der Waals surface area contributed by atoms with E-state index in [1.165, 1.54) is 12.3 Å². The van der Waals surface area contributed by atoms with Crippen molar-refractivity contribution in [2.24, 2.45) is 0 Å². The second-order valence-electron chi connectivity index (χ2n) is 4.81. The number of carbonyl (C=O) groups is 2. The van der Waals surface area contributed by atoms with E-state index in [-0.39, 0.29) is 25.2 Å². The highest BCUT2D eigenvalue weighted by molar-refractivity contribution is 6.25. The smallest absolute Gasteiger partial charge is 0.261 e. The van der Waals surface area contributed by atoms with Crippen molar-refractivity contribution in [2.75, 3.05) is 13.2 Å². The summed E-state index contributed by atoms with van der Waals surface area (Å²) in [5, 5.41) is 5.21. The summed E-state index contributed by atoms with van der Waals surface area (Å²) >= 11 is 5.11. The predicted molar refractivity (Wildman–Crippen MR) is 117 cm³/mol. The van der Waals surface area contributed by atoms with Crippen LogP contribution in [0.15, 0.2) is 87.3 Å². The monoisotopic (exact) mass is 428 g/mol. The summed E-state index contributed by atoms with van der Waals surface area (Å²) < 4.78 is 22.4. The molecule has 0 radical (unpaired) electrons. The number of halogens is 2. The zero-order chi connectivity index (χ0) is 23.1. The number of nitrogens with one attached hydrogen (secondary N) is 2. The third-order valence-corrected chi connectivity index (χ3v) is 2.65. The van der Waals surface area contributed by atoms with Gasteiger partial charge in [0, 0.05) is 29.8 Å². The number of allylic oxidation sites excluding steroid dienone is 4. The summed E-state index contributed by atoms with van der Waals surface area (Å²) in [7, 11) is 0. The first-order valence-electron chi connectivity index (χ1n) is 8.29. The maximum absolute atomic E-state index is 12.6. The fraction of sp³-hybridized carbons (Fsp3) is 0.238. The van der Waals surface area contributed by atoms with Crippen LogP contribution < -0.4 is 10.6 Å². The Balaban J connectivity index is -0.00000158. The zero-order valence-electron chi connectivity index (χ0n) is 16.8. The molecule has 0 bridgehead atoms. The molecule has 0 fully saturated rings. The molecule has 0 aromatic rings. The van der Waals surface area contributed by atoms with Crippen molar-refractivity contribution in [1.29, 1.82) is 0 Å². The lowest BCUT2D eigenvalue weighted by atomic mass is 10.2. The lowest BCUT2D eigenvalue weighted by molar-refractivity contribution is -0.124. The molecule has 1 unspecified atom stereocenters. The number of amides is 2. The van der Waals surface area contributed by atoms with E-state index < -0.39 is 11.7 Å². The Morgan fingerprint density at radius 1 is 1.10 bits per heavy atom. The lowest BCUT2D eigenvalue weighted by Gasteiger charge is -2.16. The van der Waals surface area contributed by atoms with Crippen LogP contribution in [0.5, 0.6) is 0 Å². The Kier molecular flexibility index (Phi) is 24.3. The van der Waals surface area contributed by atoms with E-state index in [1.807, 2.05) is 0 Å². The normalized spacial score (nSPS) is 11.2. The summed E-state index contributed by atoms with van der Waals surface area (Å²) in [6, 6.07) is -0.283. The van der Waals surface area contributed by atoms with Crippen LogP contribution in [0.4, 0.5) is 4.39 Å². The van der Waals surface area contributed by atoms with Crippen LogP contribution in [-0.4, -0.2) is 31.1 Å². The molecule has 8 heteroatoms. The van der Waals surface area contributed by atoms with Crippen molar-refractivity contribution in [3.05, 3.63) is 87.3 Å². The standard InChI is InChI=1S/C17H22ClFN2O4.2C2H4/c1-4-5-7-24-11-16(22)20-13(2)9-14(3)21-17(23)12-25-8-6-15(19)10-18;2*1-2/h4-8,10,14H,1-2,9,11-12H2,3H3,(H,20,22)(H,21,23);2*1-2H2/b7-5+,8-6+,15-10-;;. The quantitative estimate of drug-likeness (QED) is 0.274. The molecule has 2 N–H and O–H groups in total. The van der Waals surface area contributed by atoms with Crippen molar-refractivity contribution < 1.29 is 23.5 Å². The molecule has 0 aromatic carbocycles. The molecule has 1 atom stereocenters. The van der Waals surface area contributed by atoms with E-state index in [0.29, 0.717) is 12.1 Å². The maximum atomic E-state index is 12.6. The van der Waals surface area contributed by atoms with Gasteiger partial charge in [0.1, 0.15) is 5.83 Å². The van der Waals surface area contributed by atoms with Crippen LogP contribution in [-0.2, 0) is 19.1 Å². The summed E-state index contributed by atoms with van der Waals surface area (Å²) in [5.74, 6) is -1.45. The summed E-state index contributed by atoms with van der Waals surface area (Å²) in [4.78, 5) is 23.2. The average Bonchev–Trinajstić information content (AvgIpc) is 2.71. The molecule has 0 heterocycles. The first kappa shape index (κ1) is 30.7. The van der Waals surface area contributed by atoms with E-state index in [0.717, 1.165) is 17.9 Å². The third kappa shape index (κ3) is 22.9. The Hall–Kier alpha value is -3.06. The molecule has 0 rings (SSSR count). The summed E-state index contributed by atoms with van der Waals surface area (Å²) in [6.07, 6.45) is 6.76. The van der Waals surface area contributed by atoms with Gasteiger partial charge in [-0.1, -0.05) is 30.8 Å². The van der Waals surface area contributed by atoms with Gasteiger partial charge >= 0.3 is 0 Å². The molecule has 0 aromatic heterocycles. The van der Waals surface area contributed by atoms with Crippen molar-refractivity contribution in [2.45, 2.75) is 19.4 Å². The van der Waals surface area contributed by atoms with Gasteiger partial charge < -0.3 is 20.1 Å². The Morgan fingerprint density at radius 3 is 2.21 bits per heavy atom. The van der Waals surface area contributed by atoms with Crippen molar-refractivity contribution in [3.8, 4) is 0 Å². The van der Waals surface area contributed by atoms with Crippen LogP contribution in [0.2, 0.25) is 0 Å². The third-order valence-electron chi connectivity index (χ3n) is 2.44. The Bertz CT molecular complexity index is 587. The van der Waals surface area contributed by atoms with Crippen LogP contribution >= 0.6 is 11.6 Å². The number of rotatable bonds is 12. The number of ether oxygens (including phenoxy) is 2. The summed E-state index contributed by atoms with van der Waals surface area (Å²) in [6.45, 7) is 20.5. The molecule has 29 heavy (non-hydrogen) atoms. The minimum atomic E-state index is -0.688. The molecule has 162 valence electrons. The molecular formula is C21H30ClFN2O4. The topological polar surface area (TPSA) is 76.7 Å². The van der Waals surface area contributed by atoms with Gasteiger partial charge in [-0.25, -0.2) is 4.39 Å². The molecular weight excluding hydrogens is 399 g/mol. The van der Waals surface area contributed by atoms with Crippen LogP contribution in [0.3, 0.4) is 0 Å². The highest BCUT2D eigenvalue weighted by Gasteiger charge is 2.10. The molecule has 0 spiro atoms. The van der Waals surface area contributed by atoms with Gasteiger partial charge in [0.2, 0.25) is 0 Å². The van der Waals surface area contributed by atoms with Crippen LogP contribution in [0.1, 0.15) is 13.3 Å². The number of hydrogen-bond acceptors (Lipinski definition) is 4. The van der Waals surface area contributed by atoms with Gasteiger partial charge in [-0.3, -0.25) is 9.59 Å². The lowest BCUT2D eigenvalue weighted by Crippen LogP contribution is -2.37. The summed E-state index contributed by atoms with van der Waals surface area (Å²) in [5.41, 5.74) is 1.17. The van der Waals surface area contributed by atoms with E-state index in [2.05, 4.69) is 50.1 Å². The van der Waals surface area contributed by atoms with Gasteiger partial charge in [-0.05, 0) is 13.0 Å². The highest BCUT2D eigenvalue weighted by atomic mass is 35.5. The van der Waals surface area contributed by atoms with Gasteiger partial charge in [0.15, 0.2) is 13.2 Å². The number of carbonyl (C=O) groups excluding carboxylic acids is 2. The van der Waals surface area contributed by atoms with E-state index >= 15 is 0 Å². The van der Waals surface area contributed by atoms with Gasteiger partial charge in [-0.15, -0.1) is 26.3 Å². The average molecular weight is 429 g/mol. The van der Waals surface area contributed by atoms with Crippen molar-refractivity contribution in [3.63, 3.8) is 0 Å². The molecule has 0 aliphatic heterocycles. The largest absolute Gasteiger partial charge is 0.491 e. The van der Waals surface area contributed by atoms with Gasteiger partial charge in [0.25, 0.3) is 11.8 Å². The second-order valence-corrected chi connectivity index (χ2v) is 5.03. The molecule has 2 amide bonds. The van der Waals surface area contributed by atoms with Gasteiger partial charge in [-0.2, -0.15) is 0 Å². The zero-order valence-corrected chi connectivity index (χ0v) is 17.6. The van der Waals surface area contributed by atoms with Crippen molar-refractivity contribution in [1.82, 2.24) is 10.6 Å². The fourth-order valence-electron chi connectivity index (χ4n) is 1.53. The van der Waals surface area contributed by atoms with Crippen LogP contribution in [0.25, 0.3) is 0 Å².